The maximum atomic E-state index is 10.8. The van der Waals surface area contributed by atoms with Gasteiger partial charge in [0, 0.05) is 6.54 Å². The van der Waals surface area contributed by atoms with Crippen LogP contribution in [0.25, 0.3) is 6.08 Å². The summed E-state index contributed by atoms with van der Waals surface area (Å²) in [4.78, 5) is 10.8. The van der Waals surface area contributed by atoms with Gasteiger partial charge in [-0.15, -0.1) is 0 Å². The highest BCUT2D eigenvalue weighted by Crippen LogP contribution is 2.24. The predicted octanol–water partition coefficient (Wildman–Crippen LogP) is 1.82. The number of carboxylic acids is 1. The van der Waals surface area contributed by atoms with Gasteiger partial charge >= 0.3 is 5.97 Å². The standard InChI is InChI=1S/C10H9NO2/c12-10(13)8-5-1-3-7-4-2-6-11-9(7)8/h1-5,11H,6H2,(H,12,13). The molecule has 66 valence electrons. The Bertz CT molecular complexity index is 383. The maximum absolute atomic E-state index is 10.8. The van der Waals surface area contributed by atoms with Crippen molar-refractivity contribution in [1.29, 1.82) is 0 Å². The number of aromatic carboxylic acids is 1. The lowest BCUT2D eigenvalue weighted by Gasteiger charge is -2.14. The maximum Gasteiger partial charge on any atom is 0.337 e. The normalized spacial score (nSPS) is 13.2. The lowest BCUT2D eigenvalue weighted by atomic mass is 10.0. The van der Waals surface area contributed by atoms with E-state index in [0.29, 0.717) is 12.1 Å². The summed E-state index contributed by atoms with van der Waals surface area (Å²) in [5, 5.41) is 11.9. The lowest BCUT2D eigenvalue weighted by molar-refractivity contribution is 0.0698. The van der Waals surface area contributed by atoms with Crippen molar-refractivity contribution in [3.8, 4) is 0 Å². The molecule has 3 heteroatoms. The molecule has 1 aliphatic heterocycles. The van der Waals surface area contributed by atoms with E-state index in [1.165, 1.54) is 0 Å². The third-order valence-electron chi connectivity index (χ3n) is 2.02. The molecule has 0 radical (unpaired) electrons. The van der Waals surface area contributed by atoms with E-state index >= 15 is 0 Å². The third-order valence-corrected chi connectivity index (χ3v) is 2.02. The zero-order chi connectivity index (χ0) is 9.26. The fourth-order valence-electron chi connectivity index (χ4n) is 1.43. The number of nitrogens with one attached hydrogen (secondary N) is 1. The fourth-order valence-corrected chi connectivity index (χ4v) is 1.43. The van der Waals surface area contributed by atoms with Crippen molar-refractivity contribution in [2.24, 2.45) is 0 Å². The van der Waals surface area contributed by atoms with Gasteiger partial charge in [-0.25, -0.2) is 4.79 Å². The molecule has 0 saturated heterocycles. The molecule has 0 atom stereocenters. The summed E-state index contributed by atoms with van der Waals surface area (Å²) < 4.78 is 0. The number of anilines is 1. The summed E-state index contributed by atoms with van der Waals surface area (Å²) in [7, 11) is 0. The van der Waals surface area contributed by atoms with Crippen LogP contribution >= 0.6 is 0 Å². The molecule has 3 nitrogen and oxygen atoms in total. The molecule has 1 aliphatic rings. The van der Waals surface area contributed by atoms with Crippen LogP contribution in [0.3, 0.4) is 0 Å². The minimum Gasteiger partial charge on any atom is -0.478 e. The van der Waals surface area contributed by atoms with Crippen molar-refractivity contribution < 1.29 is 9.90 Å². The van der Waals surface area contributed by atoms with Crippen molar-refractivity contribution in [1.82, 2.24) is 0 Å². The monoisotopic (exact) mass is 175 g/mol. The lowest BCUT2D eigenvalue weighted by Crippen LogP contribution is -2.10. The van der Waals surface area contributed by atoms with E-state index < -0.39 is 5.97 Å². The van der Waals surface area contributed by atoms with Crippen LogP contribution in [0, 0.1) is 0 Å². The molecule has 1 heterocycles. The molecule has 0 amide bonds. The highest BCUT2D eigenvalue weighted by Gasteiger charge is 2.13. The average molecular weight is 175 g/mol. The van der Waals surface area contributed by atoms with E-state index in [9.17, 15) is 4.79 Å². The Labute approximate surface area is 75.7 Å². The summed E-state index contributed by atoms with van der Waals surface area (Å²) in [5.41, 5.74) is 1.99. The number of carbonyl (C=O) groups is 1. The van der Waals surface area contributed by atoms with Crippen LogP contribution in [0.4, 0.5) is 5.69 Å². The molecular formula is C10H9NO2. The van der Waals surface area contributed by atoms with Crippen LogP contribution < -0.4 is 5.32 Å². The SMILES string of the molecule is O=C(O)c1cccc2c1NCC=C2. The first-order valence-electron chi connectivity index (χ1n) is 4.06. The van der Waals surface area contributed by atoms with Gasteiger partial charge in [0.15, 0.2) is 0 Å². The zero-order valence-corrected chi connectivity index (χ0v) is 6.95. The number of benzene rings is 1. The van der Waals surface area contributed by atoms with Crippen molar-refractivity contribution in [2.75, 3.05) is 11.9 Å². The van der Waals surface area contributed by atoms with E-state index in [1.807, 2.05) is 18.2 Å². The van der Waals surface area contributed by atoms with E-state index in [1.54, 1.807) is 12.1 Å². The molecule has 1 aromatic rings. The van der Waals surface area contributed by atoms with Gasteiger partial charge in [0.1, 0.15) is 0 Å². The van der Waals surface area contributed by atoms with Crippen LogP contribution in [-0.4, -0.2) is 17.6 Å². The van der Waals surface area contributed by atoms with E-state index in [4.69, 9.17) is 5.11 Å². The summed E-state index contributed by atoms with van der Waals surface area (Å²) in [6, 6.07) is 5.25. The van der Waals surface area contributed by atoms with Crippen molar-refractivity contribution in [3.05, 3.63) is 35.4 Å². The second-order valence-electron chi connectivity index (χ2n) is 2.86. The number of para-hydroxylation sites is 1. The molecule has 13 heavy (non-hydrogen) atoms. The molecule has 0 unspecified atom stereocenters. The van der Waals surface area contributed by atoms with E-state index in [-0.39, 0.29) is 0 Å². The molecule has 1 aromatic carbocycles. The first kappa shape index (κ1) is 7.86. The summed E-state index contributed by atoms with van der Waals surface area (Å²) in [5.74, 6) is -0.889. The minimum absolute atomic E-state index is 0.335. The van der Waals surface area contributed by atoms with Gasteiger partial charge in [0.25, 0.3) is 0 Å². The molecule has 2 N–H and O–H groups in total. The van der Waals surface area contributed by atoms with E-state index in [0.717, 1.165) is 11.3 Å². The molecule has 0 fully saturated rings. The predicted molar refractivity (Wildman–Crippen MR) is 50.9 cm³/mol. The second-order valence-corrected chi connectivity index (χ2v) is 2.86. The van der Waals surface area contributed by atoms with Gasteiger partial charge in [0.05, 0.1) is 11.3 Å². The largest absolute Gasteiger partial charge is 0.478 e. The van der Waals surface area contributed by atoms with Gasteiger partial charge in [0.2, 0.25) is 0 Å². The number of hydrogen-bond donors (Lipinski definition) is 2. The number of carboxylic acid groups (broad SMARTS) is 1. The highest BCUT2D eigenvalue weighted by molar-refractivity contribution is 5.97. The van der Waals surface area contributed by atoms with Gasteiger partial charge in [-0.1, -0.05) is 24.3 Å². The molecule has 0 spiro atoms. The minimum atomic E-state index is -0.889. The van der Waals surface area contributed by atoms with Gasteiger partial charge < -0.3 is 10.4 Å². The Hall–Kier alpha value is -1.77. The molecule has 0 bridgehead atoms. The first-order valence-corrected chi connectivity index (χ1v) is 4.06. The van der Waals surface area contributed by atoms with Crippen LogP contribution in [-0.2, 0) is 0 Å². The van der Waals surface area contributed by atoms with Crippen LogP contribution in [0.1, 0.15) is 15.9 Å². The quantitative estimate of drug-likeness (QED) is 0.684. The molecule has 0 aromatic heterocycles. The van der Waals surface area contributed by atoms with E-state index in [2.05, 4.69) is 5.32 Å². The first-order chi connectivity index (χ1) is 6.29. The third kappa shape index (κ3) is 1.28. The summed E-state index contributed by atoms with van der Waals surface area (Å²) in [6.07, 6.45) is 3.90. The Balaban J connectivity index is 2.59. The summed E-state index contributed by atoms with van der Waals surface area (Å²) >= 11 is 0. The van der Waals surface area contributed by atoms with Crippen molar-refractivity contribution in [2.45, 2.75) is 0 Å². The number of rotatable bonds is 1. The van der Waals surface area contributed by atoms with Gasteiger partial charge in [-0.2, -0.15) is 0 Å². The van der Waals surface area contributed by atoms with Crippen LogP contribution in [0.2, 0.25) is 0 Å². The molecule has 0 saturated carbocycles. The summed E-state index contributed by atoms with van der Waals surface area (Å²) in [6.45, 7) is 0.692. The Morgan fingerprint density at radius 2 is 2.31 bits per heavy atom. The second kappa shape index (κ2) is 2.94. The Morgan fingerprint density at radius 3 is 3.08 bits per heavy atom. The Morgan fingerprint density at radius 1 is 1.46 bits per heavy atom. The molecular weight excluding hydrogens is 166 g/mol. The number of fused-ring (bicyclic) bond motifs is 1. The van der Waals surface area contributed by atoms with Gasteiger partial charge in [-0.05, 0) is 11.6 Å². The zero-order valence-electron chi connectivity index (χ0n) is 6.95. The average Bonchev–Trinajstić information content (AvgIpc) is 2.17. The van der Waals surface area contributed by atoms with Crippen molar-refractivity contribution >= 4 is 17.7 Å². The molecule has 0 aliphatic carbocycles. The van der Waals surface area contributed by atoms with Crippen LogP contribution in [0.5, 0.6) is 0 Å². The van der Waals surface area contributed by atoms with Crippen molar-refractivity contribution in [3.63, 3.8) is 0 Å². The van der Waals surface area contributed by atoms with Gasteiger partial charge in [-0.3, -0.25) is 0 Å². The smallest absolute Gasteiger partial charge is 0.337 e. The topological polar surface area (TPSA) is 49.3 Å². The Kier molecular flexibility index (Phi) is 1.77. The number of hydrogen-bond acceptors (Lipinski definition) is 2. The van der Waals surface area contributed by atoms with Crippen LogP contribution in [0.15, 0.2) is 24.3 Å². The highest BCUT2D eigenvalue weighted by atomic mass is 16.4. The molecule has 2 rings (SSSR count). The fraction of sp³-hybridized carbons (Fsp3) is 0.100.